The lowest BCUT2D eigenvalue weighted by molar-refractivity contribution is -0.123. The van der Waals surface area contributed by atoms with E-state index in [2.05, 4.69) is 15.5 Å². The molecular formula is C15H13ClN4O2. The van der Waals surface area contributed by atoms with Gasteiger partial charge < -0.3 is 10.1 Å². The van der Waals surface area contributed by atoms with Gasteiger partial charge in [-0.25, -0.2) is 0 Å². The molecule has 0 fully saturated rings. The van der Waals surface area contributed by atoms with Gasteiger partial charge in [0.15, 0.2) is 18.1 Å². The van der Waals surface area contributed by atoms with Crippen LogP contribution in [-0.4, -0.2) is 27.1 Å². The number of nitrogens with zero attached hydrogens (tertiary/aromatic N) is 3. The molecule has 2 aromatic heterocycles. The zero-order valence-corrected chi connectivity index (χ0v) is 12.3. The molecule has 0 spiro atoms. The molecule has 0 saturated heterocycles. The Hall–Kier alpha value is -2.60. The topological polar surface area (TPSA) is 68.5 Å². The van der Waals surface area contributed by atoms with Gasteiger partial charge >= 0.3 is 0 Å². The van der Waals surface area contributed by atoms with E-state index < -0.39 is 0 Å². The lowest BCUT2D eigenvalue weighted by Gasteiger charge is -2.07. The molecule has 2 heterocycles. The molecule has 0 atom stereocenters. The smallest absolute Gasteiger partial charge is 0.258 e. The molecule has 1 aromatic carbocycles. The highest BCUT2D eigenvalue weighted by Gasteiger charge is 2.07. The summed E-state index contributed by atoms with van der Waals surface area (Å²) in [6.45, 7) is 0.215. The summed E-state index contributed by atoms with van der Waals surface area (Å²) in [5, 5.41) is 11.4. The Balaban J connectivity index is 1.53. The van der Waals surface area contributed by atoms with Crippen molar-refractivity contribution in [3.05, 3.63) is 59.5 Å². The van der Waals surface area contributed by atoms with Crippen molar-refractivity contribution in [3.63, 3.8) is 0 Å². The fourth-order valence-electron chi connectivity index (χ4n) is 1.92. The molecule has 7 heteroatoms. The van der Waals surface area contributed by atoms with E-state index in [0.717, 1.165) is 5.65 Å². The zero-order valence-electron chi connectivity index (χ0n) is 11.6. The normalized spacial score (nSPS) is 10.6. The maximum atomic E-state index is 11.8. The number of benzene rings is 1. The molecule has 1 amide bonds. The third-order valence-electron chi connectivity index (χ3n) is 3.01. The number of hydrogen-bond acceptors (Lipinski definition) is 4. The molecule has 6 nitrogen and oxygen atoms in total. The van der Waals surface area contributed by atoms with Crippen LogP contribution in [0, 0.1) is 0 Å². The third kappa shape index (κ3) is 3.35. The predicted molar refractivity (Wildman–Crippen MR) is 81.8 cm³/mol. The number of carbonyl (C=O) groups excluding carboxylic acids is 1. The maximum Gasteiger partial charge on any atom is 0.258 e. The number of halogens is 1. The summed E-state index contributed by atoms with van der Waals surface area (Å²) >= 11 is 5.78. The summed E-state index contributed by atoms with van der Waals surface area (Å²) in [6.07, 6.45) is 1.85. The minimum atomic E-state index is -0.234. The molecule has 3 aromatic rings. The van der Waals surface area contributed by atoms with Crippen LogP contribution in [0.4, 0.5) is 0 Å². The van der Waals surface area contributed by atoms with E-state index in [4.69, 9.17) is 16.3 Å². The van der Waals surface area contributed by atoms with Gasteiger partial charge in [-0.05, 0) is 36.4 Å². The molecule has 0 bridgehead atoms. The first-order chi connectivity index (χ1) is 10.7. The number of aromatic nitrogens is 3. The van der Waals surface area contributed by atoms with Crippen molar-refractivity contribution in [3.8, 4) is 5.75 Å². The van der Waals surface area contributed by atoms with E-state index in [1.54, 1.807) is 24.3 Å². The number of hydrogen-bond donors (Lipinski definition) is 1. The first-order valence-corrected chi connectivity index (χ1v) is 7.04. The lowest BCUT2D eigenvalue weighted by Crippen LogP contribution is -2.29. The molecule has 0 unspecified atom stereocenters. The molecule has 22 heavy (non-hydrogen) atoms. The van der Waals surface area contributed by atoms with Gasteiger partial charge in [0.1, 0.15) is 5.75 Å². The fraction of sp³-hybridized carbons (Fsp3) is 0.133. The molecular weight excluding hydrogens is 304 g/mol. The number of carbonyl (C=O) groups is 1. The van der Waals surface area contributed by atoms with Crippen LogP contribution in [0.5, 0.6) is 5.75 Å². The van der Waals surface area contributed by atoms with E-state index in [9.17, 15) is 4.79 Å². The molecule has 1 N–H and O–H groups in total. The SMILES string of the molecule is O=C(COc1ccc(Cl)cc1)NCc1nnc2ccccn12. The van der Waals surface area contributed by atoms with Crippen molar-refractivity contribution in [2.24, 2.45) is 0 Å². The second kappa shape index (κ2) is 6.44. The van der Waals surface area contributed by atoms with Crippen LogP contribution >= 0.6 is 11.6 Å². The fourth-order valence-corrected chi connectivity index (χ4v) is 2.05. The molecule has 0 aliphatic heterocycles. The van der Waals surface area contributed by atoms with Gasteiger partial charge in [-0.2, -0.15) is 0 Å². The number of pyridine rings is 1. The van der Waals surface area contributed by atoms with Crippen molar-refractivity contribution in [2.45, 2.75) is 6.54 Å². The van der Waals surface area contributed by atoms with Gasteiger partial charge in [0, 0.05) is 11.2 Å². The van der Waals surface area contributed by atoms with E-state index in [-0.39, 0.29) is 19.1 Å². The Labute approximate surface area is 131 Å². The summed E-state index contributed by atoms with van der Waals surface area (Å²) in [6, 6.07) is 12.4. The Morgan fingerprint density at radius 2 is 2.00 bits per heavy atom. The Bertz CT molecular complexity index is 786. The molecule has 0 radical (unpaired) electrons. The van der Waals surface area contributed by atoms with Crippen molar-refractivity contribution in [1.82, 2.24) is 19.9 Å². The minimum Gasteiger partial charge on any atom is -0.484 e. The van der Waals surface area contributed by atoms with Crippen LogP contribution in [0.25, 0.3) is 5.65 Å². The van der Waals surface area contributed by atoms with E-state index in [1.165, 1.54) is 0 Å². The van der Waals surface area contributed by atoms with Crippen LogP contribution in [0.1, 0.15) is 5.82 Å². The van der Waals surface area contributed by atoms with Crippen LogP contribution in [0.2, 0.25) is 5.02 Å². The largest absolute Gasteiger partial charge is 0.484 e. The molecule has 3 rings (SSSR count). The summed E-state index contributed by atoms with van der Waals surface area (Å²) in [7, 11) is 0. The molecule has 0 aliphatic carbocycles. The quantitative estimate of drug-likeness (QED) is 0.782. The minimum absolute atomic E-state index is 0.0711. The van der Waals surface area contributed by atoms with Gasteiger partial charge in [-0.1, -0.05) is 17.7 Å². The Morgan fingerprint density at radius 3 is 2.82 bits per heavy atom. The summed E-state index contributed by atoms with van der Waals surface area (Å²) < 4.78 is 7.19. The molecule has 0 saturated carbocycles. The third-order valence-corrected chi connectivity index (χ3v) is 3.26. The van der Waals surface area contributed by atoms with Crippen LogP contribution < -0.4 is 10.1 Å². The first kappa shape index (κ1) is 14.3. The van der Waals surface area contributed by atoms with Crippen molar-refractivity contribution in [1.29, 1.82) is 0 Å². The number of rotatable bonds is 5. The summed E-state index contributed by atoms with van der Waals surface area (Å²) in [5.74, 6) is 1.02. The van der Waals surface area contributed by atoms with Crippen LogP contribution in [-0.2, 0) is 11.3 Å². The second-order valence-corrected chi connectivity index (χ2v) is 5.00. The number of fused-ring (bicyclic) bond motifs is 1. The second-order valence-electron chi connectivity index (χ2n) is 4.56. The van der Waals surface area contributed by atoms with Crippen molar-refractivity contribution in [2.75, 3.05) is 6.61 Å². The average Bonchev–Trinajstić information content (AvgIpc) is 2.96. The highest BCUT2D eigenvalue weighted by Crippen LogP contribution is 2.15. The molecule has 112 valence electrons. The van der Waals surface area contributed by atoms with Crippen LogP contribution in [0.15, 0.2) is 48.7 Å². The zero-order chi connectivity index (χ0) is 15.4. The van der Waals surface area contributed by atoms with E-state index in [0.29, 0.717) is 16.6 Å². The lowest BCUT2D eigenvalue weighted by atomic mass is 10.3. The van der Waals surface area contributed by atoms with E-state index in [1.807, 2.05) is 28.8 Å². The van der Waals surface area contributed by atoms with Crippen molar-refractivity contribution >= 4 is 23.2 Å². The van der Waals surface area contributed by atoms with Gasteiger partial charge in [0.25, 0.3) is 5.91 Å². The maximum absolute atomic E-state index is 11.8. The molecule has 0 aliphatic rings. The van der Waals surface area contributed by atoms with Crippen molar-refractivity contribution < 1.29 is 9.53 Å². The average molecular weight is 317 g/mol. The monoisotopic (exact) mass is 316 g/mol. The summed E-state index contributed by atoms with van der Waals surface area (Å²) in [4.78, 5) is 11.8. The standard InChI is InChI=1S/C15H13ClN4O2/c16-11-4-6-12(7-5-11)22-10-15(21)17-9-14-19-18-13-3-1-2-8-20(13)14/h1-8H,9-10H2,(H,17,21). The van der Waals surface area contributed by atoms with Gasteiger partial charge in [-0.15, -0.1) is 10.2 Å². The first-order valence-electron chi connectivity index (χ1n) is 6.66. The number of nitrogens with one attached hydrogen (secondary N) is 1. The highest BCUT2D eigenvalue weighted by atomic mass is 35.5. The van der Waals surface area contributed by atoms with Crippen LogP contribution in [0.3, 0.4) is 0 Å². The van der Waals surface area contributed by atoms with Gasteiger partial charge in [0.2, 0.25) is 0 Å². The van der Waals surface area contributed by atoms with E-state index >= 15 is 0 Å². The predicted octanol–water partition coefficient (Wildman–Crippen LogP) is 2.08. The van der Waals surface area contributed by atoms with Gasteiger partial charge in [-0.3, -0.25) is 9.20 Å². The Morgan fingerprint density at radius 1 is 1.18 bits per heavy atom. The highest BCUT2D eigenvalue weighted by molar-refractivity contribution is 6.30. The van der Waals surface area contributed by atoms with Gasteiger partial charge in [0.05, 0.1) is 6.54 Å². The summed E-state index contributed by atoms with van der Waals surface area (Å²) in [5.41, 5.74) is 0.740. The number of ether oxygens (including phenoxy) is 1. The Kier molecular flexibility index (Phi) is 4.20. The number of amides is 1.